The van der Waals surface area contributed by atoms with Crippen molar-refractivity contribution >= 4 is 11.6 Å². The van der Waals surface area contributed by atoms with Gasteiger partial charge in [-0.15, -0.1) is 0 Å². The largest absolute Gasteiger partial charge is 0.379 e. The molecule has 5 nitrogen and oxygen atoms in total. The van der Waals surface area contributed by atoms with Crippen LogP contribution in [0, 0.1) is 5.92 Å². The normalized spacial score (nSPS) is 14.9. The number of likely N-dealkylation sites (N-methyl/N-ethyl adjacent to an activating group) is 2. The topological polar surface area (TPSA) is 42.3 Å². The van der Waals surface area contributed by atoms with E-state index in [1.54, 1.807) is 13.3 Å². The van der Waals surface area contributed by atoms with Crippen molar-refractivity contribution in [2.45, 2.75) is 39.5 Å². The first kappa shape index (κ1) is 18.4. The molecule has 122 valence electrons. The minimum absolute atomic E-state index is 0.0390. The Kier molecular flexibility index (Phi) is 7.66. The van der Waals surface area contributed by atoms with Crippen molar-refractivity contribution in [3.63, 3.8) is 0 Å². The molecule has 0 aliphatic heterocycles. The van der Waals surface area contributed by atoms with Gasteiger partial charge in [-0.2, -0.15) is 5.10 Å². The van der Waals surface area contributed by atoms with Crippen LogP contribution in [0.2, 0.25) is 5.02 Å². The molecule has 2 atom stereocenters. The number of aromatic nitrogens is 2. The highest BCUT2D eigenvalue weighted by Crippen LogP contribution is 2.29. The smallest absolute Gasteiger partial charge is 0.0835 e. The van der Waals surface area contributed by atoms with Gasteiger partial charge in [-0.25, -0.2) is 0 Å². The zero-order valence-corrected chi connectivity index (χ0v) is 14.8. The predicted molar refractivity (Wildman–Crippen MR) is 87.8 cm³/mol. The Balaban J connectivity index is 3.09. The van der Waals surface area contributed by atoms with E-state index in [1.165, 1.54) is 0 Å². The Bertz CT molecular complexity index is 420. The van der Waals surface area contributed by atoms with E-state index in [0.717, 1.165) is 25.3 Å². The Hall–Kier alpha value is -0.620. The molecule has 1 aromatic rings. The first-order valence-electron chi connectivity index (χ1n) is 7.54. The van der Waals surface area contributed by atoms with E-state index in [4.69, 9.17) is 16.3 Å². The van der Waals surface area contributed by atoms with Crippen molar-refractivity contribution in [2.75, 3.05) is 34.3 Å². The molecule has 1 heterocycles. The first-order valence-corrected chi connectivity index (χ1v) is 7.92. The quantitative estimate of drug-likeness (QED) is 0.760. The fourth-order valence-corrected chi connectivity index (χ4v) is 2.79. The lowest BCUT2D eigenvalue weighted by Gasteiger charge is -2.30. The number of rotatable bonds is 9. The second-order valence-electron chi connectivity index (χ2n) is 5.88. The Morgan fingerprint density at radius 3 is 2.57 bits per heavy atom. The molecule has 0 fully saturated rings. The second-order valence-corrected chi connectivity index (χ2v) is 6.29. The zero-order valence-electron chi connectivity index (χ0n) is 14.1. The van der Waals surface area contributed by atoms with Crippen LogP contribution in [-0.4, -0.2) is 55.1 Å². The lowest BCUT2D eigenvalue weighted by molar-refractivity contribution is 0.0305. The minimum Gasteiger partial charge on any atom is -0.379 e. The predicted octanol–water partition coefficient (Wildman–Crippen LogP) is 2.42. The van der Waals surface area contributed by atoms with Crippen LogP contribution in [0.3, 0.4) is 0 Å². The average molecular weight is 317 g/mol. The van der Waals surface area contributed by atoms with E-state index in [-0.39, 0.29) is 12.1 Å². The molecule has 0 spiro atoms. The number of nitrogens with zero attached hydrogens (tertiary/aromatic N) is 3. The monoisotopic (exact) mass is 316 g/mol. The molecule has 1 N–H and O–H groups in total. The third kappa shape index (κ3) is 4.95. The van der Waals surface area contributed by atoms with Crippen molar-refractivity contribution in [2.24, 2.45) is 5.92 Å². The SMILES string of the molecule is CCNC(c1c(Cl)cnn1CCN(C)C)C(OC)C(C)C. The van der Waals surface area contributed by atoms with Gasteiger partial charge in [0, 0.05) is 13.7 Å². The molecule has 0 aromatic carbocycles. The lowest BCUT2D eigenvalue weighted by Crippen LogP contribution is -2.38. The molecular formula is C15H29ClN4O. The molecule has 0 saturated heterocycles. The highest BCUT2D eigenvalue weighted by atomic mass is 35.5. The second kappa shape index (κ2) is 8.73. The van der Waals surface area contributed by atoms with Gasteiger partial charge in [0.2, 0.25) is 0 Å². The van der Waals surface area contributed by atoms with Gasteiger partial charge in [-0.1, -0.05) is 32.4 Å². The summed E-state index contributed by atoms with van der Waals surface area (Å²) in [5.74, 6) is 0.382. The molecule has 21 heavy (non-hydrogen) atoms. The lowest BCUT2D eigenvalue weighted by atomic mass is 9.96. The zero-order chi connectivity index (χ0) is 16.0. The number of hydrogen-bond acceptors (Lipinski definition) is 4. The number of methoxy groups -OCH3 is 1. The summed E-state index contributed by atoms with van der Waals surface area (Å²) < 4.78 is 7.70. The molecule has 0 bridgehead atoms. The van der Waals surface area contributed by atoms with Gasteiger partial charge >= 0.3 is 0 Å². The van der Waals surface area contributed by atoms with Crippen LogP contribution in [0.1, 0.15) is 32.5 Å². The van der Waals surface area contributed by atoms with Crippen molar-refractivity contribution in [1.29, 1.82) is 0 Å². The molecule has 2 unspecified atom stereocenters. The molecule has 0 aliphatic rings. The van der Waals surface area contributed by atoms with Gasteiger partial charge in [0.15, 0.2) is 0 Å². The minimum atomic E-state index is 0.0390. The van der Waals surface area contributed by atoms with Gasteiger partial charge in [0.25, 0.3) is 0 Å². The molecule has 6 heteroatoms. The van der Waals surface area contributed by atoms with Crippen molar-refractivity contribution in [3.8, 4) is 0 Å². The van der Waals surface area contributed by atoms with Gasteiger partial charge in [-0.05, 0) is 26.6 Å². The summed E-state index contributed by atoms with van der Waals surface area (Å²) in [4.78, 5) is 2.14. The van der Waals surface area contributed by atoms with Crippen LogP contribution < -0.4 is 5.32 Å². The summed E-state index contributed by atoms with van der Waals surface area (Å²) in [6, 6.07) is 0.0390. The van der Waals surface area contributed by atoms with Crippen LogP contribution in [0.5, 0.6) is 0 Å². The van der Waals surface area contributed by atoms with E-state index in [2.05, 4.69) is 50.2 Å². The van der Waals surface area contributed by atoms with Gasteiger partial charge in [0.05, 0.1) is 35.6 Å². The van der Waals surface area contributed by atoms with Crippen LogP contribution >= 0.6 is 11.6 Å². The maximum absolute atomic E-state index is 6.40. The molecule has 0 radical (unpaired) electrons. The summed E-state index contributed by atoms with van der Waals surface area (Å²) in [7, 11) is 5.86. The van der Waals surface area contributed by atoms with E-state index in [0.29, 0.717) is 10.9 Å². The summed E-state index contributed by atoms with van der Waals surface area (Å²) in [5, 5.41) is 8.63. The van der Waals surface area contributed by atoms with E-state index in [1.807, 2.05) is 4.68 Å². The summed E-state index contributed by atoms with van der Waals surface area (Å²) in [6.45, 7) is 9.00. The fraction of sp³-hybridized carbons (Fsp3) is 0.800. The van der Waals surface area contributed by atoms with E-state index >= 15 is 0 Å². The number of ether oxygens (including phenoxy) is 1. The Morgan fingerprint density at radius 1 is 1.43 bits per heavy atom. The number of hydrogen-bond donors (Lipinski definition) is 1. The summed E-state index contributed by atoms with van der Waals surface area (Å²) >= 11 is 6.40. The summed E-state index contributed by atoms with van der Waals surface area (Å²) in [5.41, 5.74) is 1.01. The fourth-order valence-electron chi connectivity index (χ4n) is 2.54. The third-order valence-corrected chi connectivity index (χ3v) is 3.86. The van der Waals surface area contributed by atoms with E-state index in [9.17, 15) is 0 Å². The molecule has 1 aromatic heterocycles. The van der Waals surface area contributed by atoms with Crippen LogP contribution in [-0.2, 0) is 11.3 Å². The maximum Gasteiger partial charge on any atom is 0.0835 e. The third-order valence-electron chi connectivity index (χ3n) is 3.57. The number of nitrogens with one attached hydrogen (secondary N) is 1. The Labute approximate surface area is 133 Å². The van der Waals surface area contributed by atoms with Crippen molar-refractivity contribution in [1.82, 2.24) is 20.0 Å². The van der Waals surface area contributed by atoms with Crippen LogP contribution in [0.15, 0.2) is 6.20 Å². The molecule has 0 amide bonds. The first-order chi connectivity index (χ1) is 9.92. The summed E-state index contributed by atoms with van der Waals surface area (Å²) in [6.07, 6.45) is 1.78. The highest BCUT2D eigenvalue weighted by molar-refractivity contribution is 6.31. The molecule has 1 rings (SSSR count). The van der Waals surface area contributed by atoms with E-state index < -0.39 is 0 Å². The van der Waals surface area contributed by atoms with Gasteiger partial charge in [-0.3, -0.25) is 4.68 Å². The van der Waals surface area contributed by atoms with Crippen molar-refractivity contribution in [3.05, 3.63) is 16.9 Å². The van der Waals surface area contributed by atoms with Gasteiger partial charge < -0.3 is 15.0 Å². The van der Waals surface area contributed by atoms with Crippen LogP contribution in [0.25, 0.3) is 0 Å². The number of halogens is 1. The average Bonchev–Trinajstić information content (AvgIpc) is 2.77. The molecule has 0 saturated carbocycles. The standard InChI is InChI=1S/C15H29ClN4O/c1-7-17-13(15(21-6)11(2)3)14-12(16)10-18-20(14)9-8-19(4)5/h10-11,13,15,17H,7-9H2,1-6H3. The van der Waals surface area contributed by atoms with Gasteiger partial charge in [0.1, 0.15) is 0 Å². The van der Waals surface area contributed by atoms with Crippen LogP contribution in [0.4, 0.5) is 0 Å². The maximum atomic E-state index is 6.40. The molecule has 0 aliphatic carbocycles. The highest BCUT2D eigenvalue weighted by Gasteiger charge is 2.30. The molecular weight excluding hydrogens is 288 g/mol. The van der Waals surface area contributed by atoms with Crippen molar-refractivity contribution < 1.29 is 4.74 Å². The Morgan fingerprint density at radius 2 is 2.10 bits per heavy atom.